The first kappa shape index (κ1) is 25.8. The van der Waals surface area contributed by atoms with Crippen molar-refractivity contribution in [2.45, 2.75) is 58.3 Å². The summed E-state index contributed by atoms with van der Waals surface area (Å²) in [5, 5.41) is 0. The molecule has 0 N–H and O–H groups in total. The number of nitrogens with zero attached hydrogens (tertiary/aromatic N) is 1. The second-order valence-corrected chi connectivity index (χ2v) is 14.1. The molecule has 0 radical (unpaired) electrons. The van der Waals surface area contributed by atoms with Gasteiger partial charge in [-0.15, -0.1) is 0 Å². The highest BCUT2D eigenvalue weighted by molar-refractivity contribution is 6.98. The number of fused-ring (bicyclic) bond motifs is 8. The van der Waals surface area contributed by atoms with E-state index in [9.17, 15) is 0 Å². The molecule has 0 amide bonds. The molecule has 0 saturated heterocycles. The average Bonchev–Trinajstić information content (AvgIpc) is 3.01. The van der Waals surface area contributed by atoms with Crippen molar-refractivity contribution in [3.63, 3.8) is 0 Å². The highest BCUT2D eigenvalue weighted by atomic mass is 16.5. The van der Waals surface area contributed by atoms with E-state index in [2.05, 4.69) is 106 Å². The second kappa shape index (κ2) is 8.72. The van der Waals surface area contributed by atoms with Crippen LogP contribution in [-0.2, 0) is 10.8 Å². The minimum Gasteiger partial charge on any atom is -0.458 e. The number of para-hydroxylation sites is 4. The normalized spacial score (nSPS) is 17.4. The van der Waals surface area contributed by atoms with Gasteiger partial charge in [-0.25, -0.2) is 0 Å². The van der Waals surface area contributed by atoms with Gasteiger partial charge in [-0.2, -0.15) is 0 Å². The van der Waals surface area contributed by atoms with E-state index in [1.54, 1.807) is 0 Å². The van der Waals surface area contributed by atoms with Crippen LogP contribution in [-0.4, -0.2) is 6.71 Å². The molecule has 0 atom stereocenters. The van der Waals surface area contributed by atoms with Gasteiger partial charge in [-0.05, 0) is 77.4 Å². The lowest BCUT2D eigenvalue weighted by Gasteiger charge is -2.45. The zero-order valence-electron chi connectivity index (χ0n) is 25.8. The van der Waals surface area contributed by atoms with Gasteiger partial charge >= 0.3 is 0 Å². The highest BCUT2D eigenvalue weighted by Gasteiger charge is 2.46. The molecule has 4 nitrogen and oxygen atoms in total. The number of aryl methyl sites for hydroxylation is 1. The summed E-state index contributed by atoms with van der Waals surface area (Å²) in [4.78, 5) is 2.26. The smallest absolute Gasteiger partial charge is 0.260 e. The minimum absolute atomic E-state index is 0.00314. The van der Waals surface area contributed by atoms with Crippen LogP contribution in [0, 0.1) is 6.92 Å². The third-order valence-corrected chi connectivity index (χ3v) is 10.3. The number of hydrogen-bond acceptors (Lipinski definition) is 4. The average molecular weight is 576 g/mol. The summed E-state index contributed by atoms with van der Waals surface area (Å²) >= 11 is 0. The van der Waals surface area contributed by atoms with Gasteiger partial charge in [-0.1, -0.05) is 81.8 Å². The van der Waals surface area contributed by atoms with Crippen LogP contribution >= 0.6 is 0 Å². The lowest BCUT2D eigenvalue weighted by molar-refractivity contribution is 0.320. The van der Waals surface area contributed by atoms with Crippen LogP contribution in [0.5, 0.6) is 34.5 Å². The Kier molecular flexibility index (Phi) is 5.12. The van der Waals surface area contributed by atoms with E-state index < -0.39 is 0 Å². The van der Waals surface area contributed by atoms with Crippen molar-refractivity contribution < 1.29 is 14.2 Å². The fraction of sp³-hybridized carbons (Fsp3) is 0.231. The van der Waals surface area contributed by atoms with Crippen LogP contribution in [0.25, 0.3) is 0 Å². The monoisotopic (exact) mass is 575 g/mol. The maximum absolute atomic E-state index is 7.17. The molecule has 0 fully saturated rings. The third-order valence-electron chi connectivity index (χ3n) is 10.3. The van der Waals surface area contributed by atoms with Gasteiger partial charge in [-0.3, -0.25) is 0 Å². The fourth-order valence-corrected chi connectivity index (χ4v) is 7.90. The molecule has 5 heteroatoms. The molecule has 3 heterocycles. The molecule has 0 saturated carbocycles. The van der Waals surface area contributed by atoms with Crippen LogP contribution < -0.4 is 35.5 Å². The van der Waals surface area contributed by atoms with Gasteiger partial charge in [0.25, 0.3) is 6.71 Å². The Hall–Kier alpha value is -4.64. The van der Waals surface area contributed by atoms with E-state index in [4.69, 9.17) is 14.2 Å². The Morgan fingerprint density at radius 3 is 1.98 bits per heavy atom. The van der Waals surface area contributed by atoms with E-state index in [-0.39, 0.29) is 17.5 Å². The van der Waals surface area contributed by atoms with Crippen molar-refractivity contribution in [2.75, 3.05) is 4.90 Å². The molecule has 0 bridgehead atoms. The van der Waals surface area contributed by atoms with Crippen molar-refractivity contribution in [1.82, 2.24) is 0 Å². The first-order valence-electron chi connectivity index (χ1n) is 15.7. The molecular formula is C39H34BNO3. The maximum atomic E-state index is 7.17. The quantitative estimate of drug-likeness (QED) is 0.183. The Morgan fingerprint density at radius 1 is 0.614 bits per heavy atom. The molecule has 0 aromatic heterocycles. The second-order valence-electron chi connectivity index (χ2n) is 14.1. The van der Waals surface area contributed by atoms with Crippen molar-refractivity contribution in [3.05, 3.63) is 108 Å². The van der Waals surface area contributed by atoms with Crippen molar-refractivity contribution >= 4 is 40.2 Å². The zero-order valence-corrected chi connectivity index (χ0v) is 25.8. The van der Waals surface area contributed by atoms with Crippen LogP contribution in [0.1, 0.15) is 57.2 Å². The molecule has 5 aromatic carbocycles. The minimum atomic E-state index is -0.00314. The summed E-state index contributed by atoms with van der Waals surface area (Å²) in [6, 6.07) is 32.0. The third kappa shape index (κ3) is 3.53. The Bertz CT molecular complexity index is 2000. The summed E-state index contributed by atoms with van der Waals surface area (Å²) in [7, 11) is 0. The zero-order chi connectivity index (χ0) is 30.0. The van der Waals surface area contributed by atoms with Crippen LogP contribution in [0.15, 0.2) is 91.0 Å². The lowest BCUT2D eigenvalue weighted by atomic mass is 9.34. The van der Waals surface area contributed by atoms with Gasteiger partial charge in [0.1, 0.15) is 23.0 Å². The molecule has 3 aliphatic heterocycles. The van der Waals surface area contributed by atoms with Crippen LogP contribution in [0.2, 0.25) is 0 Å². The largest absolute Gasteiger partial charge is 0.458 e. The van der Waals surface area contributed by atoms with Crippen LogP contribution in [0.4, 0.5) is 17.1 Å². The molecular weight excluding hydrogens is 541 g/mol. The maximum Gasteiger partial charge on any atom is 0.260 e. The Morgan fingerprint density at radius 2 is 1.25 bits per heavy atom. The predicted molar refractivity (Wildman–Crippen MR) is 179 cm³/mol. The summed E-state index contributed by atoms with van der Waals surface area (Å²) in [5.74, 6) is 5.27. The van der Waals surface area contributed by atoms with Gasteiger partial charge in [0, 0.05) is 23.2 Å². The summed E-state index contributed by atoms with van der Waals surface area (Å²) in [5.41, 5.74) is 10.5. The molecule has 216 valence electrons. The molecule has 44 heavy (non-hydrogen) atoms. The standard InChI is InChI=1S/C39H34BNO3/c1-23-14-17-30-27(20-23)40-26-16-15-25-35(39(4,5)19-18-38(25,2)3)37(26)44-34-22-24(21-33(42-30)36(34)40)41-28-10-6-8-12-31(28)43-32-13-9-7-11-29(32)41/h6-17,20-22H,18-19H2,1-5H3. The topological polar surface area (TPSA) is 30.9 Å². The SMILES string of the molecule is Cc1ccc2c(c1)B1c3ccc4c(c3Oc3cc(N5c6ccccc6Oc6ccccc65)cc(c31)O2)C(C)(C)CCC4(C)C. The van der Waals surface area contributed by atoms with Crippen molar-refractivity contribution in [2.24, 2.45) is 0 Å². The summed E-state index contributed by atoms with van der Waals surface area (Å²) in [6.45, 7) is 11.7. The van der Waals surface area contributed by atoms with E-state index in [0.29, 0.717) is 0 Å². The molecule has 1 aliphatic carbocycles. The van der Waals surface area contributed by atoms with Gasteiger partial charge in [0.05, 0.1) is 17.1 Å². The van der Waals surface area contributed by atoms with Crippen molar-refractivity contribution in [3.8, 4) is 34.5 Å². The van der Waals surface area contributed by atoms with Gasteiger partial charge < -0.3 is 19.1 Å². The number of benzene rings is 5. The number of ether oxygens (including phenoxy) is 3. The molecule has 0 spiro atoms. The first-order chi connectivity index (χ1) is 21.2. The first-order valence-corrected chi connectivity index (χ1v) is 15.7. The lowest BCUT2D eigenvalue weighted by Crippen LogP contribution is -2.58. The van der Waals surface area contributed by atoms with E-state index in [1.165, 1.54) is 27.6 Å². The molecule has 0 unspecified atom stereocenters. The summed E-state index contributed by atoms with van der Waals surface area (Å²) < 4.78 is 20.2. The van der Waals surface area contributed by atoms with Crippen LogP contribution in [0.3, 0.4) is 0 Å². The molecule has 9 rings (SSSR count). The van der Waals surface area contributed by atoms with E-state index >= 15 is 0 Å². The van der Waals surface area contributed by atoms with Gasteiger partial charge in [0.2, 0.25) is 0 Å². The number of hydrogen-bond donors (Lipinski definition) is 0. The molecule has 4 aliphatic rings. The predicted octanol–water partition coefficient (Wildman–Crippen LogP) is 8.65. The van der Waals surface area contributed by atoms with Crippen molar-refractivity contribution in [1.29, 1.82) is 0 Å². The van der Waals surface area contributed by atoms with Gasteiger partial charge in [0.15, 0.2) is 11.5 Å². The highest BCUT2D eigenvalue weighted by Crippen LogP contribution is 2.54. The Labute approximate surface area is 259 Å². The number of anilines is 3. The number of rotatable bonds is 1. The fourth-order valence-electron chi connectivity index (χ4n) is 7.90. The van der Waals surface area contributed by atoms with E-state index in [1.807, 2.05) is 24.3 Å². The Balaban J connectivity index is 1.32. The summed E-state index contributed by atoms with van der Waals surface area (Å²) in [6.07, 6.45) is 2.28. The van der Waals surface area contributed by atoms with E-state index in [0.717, 1.165) is 69.9 Å². The molecule has 5 aromatic rings.